The van der Waals surface area contributed by atoms with Crippen LogP contribution in [0.3, 0.4) is 0 Å². The second-order valence-electron chi connectivity index (χ2n) is 6.75. The van der Waals surface area contributed by atoms with Crippen LogP contribution in [0.1, 0.15) is 17.0 Å². The molecule has 0 aliphatic heterocycles. The average molecular weight is 398 g/mol. The molecule has 1 amide bonds. The first kappa shape index (κ1) is 18.9. The number of hydrogen-bond acceptors (Lipinski definition) is 2. The number of nitrogens with zero attached hydrogens (tertiary/aromatic N) is 1. The van der Waals surface area contributed by atoms with E-state index in [1.807, 2.05) is 0 Å². The molecule has 0 spiro atoms. The van der Waals surface area contributed by atoms with E-state index in [1.54, 1.807) is 25.1 Å². The van der Waals surface area contributed by atoms with Gasteiger partial charge in [-0.05, 0) is 55.0 Å². The molecule has 4 rings (SSSR count). The first-order valence-electron chi connectivity index (χ1n) is 8.97. The topological polar surface area (TPSA) is 49.2 Å². The van der Waals surface area contributed by atoms with Crippen LogP contribution in [-0.4, -0.2) is 10.9 Å². The molecule has 2 aromatic carbocycles. The van der Waals surface area contributed by atoms with E-state index in [0.717, 1.165) is 17.8 Å². The van der Waals surface area contributed by atoms with Crippen LogP contribution in [0.15, 0.2) is 59.2 Å². The number of H-pyrrole nitrogens is 1. The van der Waals surface area contributed by atoms with E-state index in [1.165, 1.54) is 29.4 Å². The summed E-state index contributed by atoms with van der Waals surface area (Å²) in [6, 6.07) is 10.6. The number of nitrogens with one attached hydrogen (secondary N) is 1. The number of carbonyl (C=O) groups is 1. The van der Waals surface area contributed by atoms with Gasteiger partial charge in [-0.1, -0.05) is 0 Å². The van der Waals surface area contributed by atoms with Crippen LogP contribution in [-0.2, 0) is 17.8 Å². The Morgan fingerprint density at radius 3 is 2.55 bits per heavy atom. The third-order valence-corrected chi connectivity index (χ3v) is 4.81. The number of benzene rings is 2. The Morgan fingerprint density at radius 1 is 1.07 bits per heavy atom. The number of aromatic nitrogens is 1. The largest absolute Gasteiger partial charge is 0.467 e. The van der Waals surface area contributed by atoms with Crippen LogP contribution in [0.4, 0.5) is 18.9 Å². The molecule has 2 aromatic heterocycles. The molecule has 0 bridgehead atoms. The van der Waals surface area contributed by atoms with Crippen molar-refractivity contribution in [3.05, 3.63) is 89.3 Å². The minimum atomic E-state index is -0.855. The van der Waals surface area contributed by atoms with Crippen molar-refractivity contribution in [1.29, 1.82) is 0 Å². The number of rotatable bonds is 5. The van der Waals surface area contributed by atoms with E-state index in [-0.39, 0.29) is 18.7 Å². The molecule has 4 aromatic rings. The van der Waals surface area contributed by atoms with Gasteiger partial charge in [0, 0.05) is 22.7 Å². The van der Waals surface area contributed by atoms with Gasteiger partial charge in [-0.3, -0.25) is 4.79 Å². The number of amides is 1. The lowest BCUT2D eigenvalue weighted by Crippen LogP contribution is -2.32. The number of carbonyl (C=O) groups excluding carboxylic acids is 1. The van der Waals surface area contributed by atoms with E-state index >= 15 is 0 Å². The van der Waals surface area contributed by atoms with Crippen LogP contribution in [0, 0.1) is 24.4 Å². The van der Waals surface area contributed by atoms with E-state index in [4.69, 9.17) is 4.42 Å². The molecular weight excluding hydrogens is 381 g/mol. The quantitative estimate of drug-likeness (QED) is 0.498. The highest BCUT2D eigenvalue weighted by Crippen LogP contribution is 2.27. The Kier molecular flexibility index (Phi) is 4.88. The fourth-order valence-electron chi connectivity index (χ4n) is 3.40. The molecule has 7 heteroatoms. The predicted molar refractivity (Wildman–Crippen MR) is 103 cm³/mol. The maximum atomic E-state index is 14.4. The molecule has 29 heavy (non-hydrogen) atoms. The van der Waals surface area contributed by atoms with E-state index in [9.17, 15) is 18.0 Å². The maximum Gasteiger partial charge on any atom is 0.232 e. The van der Waals surface area contributed by atoms with Crippen molar-refractivity contribution in [2.75, 3.05) is 4.90 Å². The summed E-state index contributed by atoms with van der Waals surface area (Å²) in [5, 5.41) is 0.591. The highest BCUT2D eigenvalue weighted by molar-refractivity contribution is 5.98. The van der Waals surface area contributed by atoms with Crippen LogP contribution < -0.4 is 4.90 Å². The molecule has 2 heterocycles. The lowest BCUT2D eigenvalue weighted by molar-refractivity contribution is -0.118. The Balaban J connectivity index is 1.72. The number of aryl methyl sites for hydroxylation is 1. The zero-order valence-electron chi connectivity index (χ0n) is 15.5. The first-order chi connectivity index (χ1) is 13.9. The third-order valence-electron chi connectivity index (χ3n) is 4.81. The van der Waals surface area contributed by atoms with Gasteiger partial charge < -0.3 is 14.3 Å². The molecule has 0 atom stereocenters. The third kappa shape index (κ3) is 3.76. The summed E-state index contributed by atoms with van der Waals surface area (Å²) in [5.41, 5.74) is 1.99. The van der Waals surface area contributed by atoms with Crippen LogP contribution >= 0.6 is 0 Å². The van der Waals surface area contributed by atoms with Crippen molar-refractivity contribution in [3.63, 3.8) is 0 Å². The molecule has 148 valence electrons. The molecule has 0 aliphatic carbocycles. The van der Waals surface area contributed by atoms with Gasteiger partial charge in [-0.15, -0.1) is 0 Å². The normalized spacial score (nSPS) is 11.2. The summed E-state index contributed by atoms with van der Waals surface area (Å²) in [4.78, 5) is 17.5. The number of aromatic amines is 1. The Labute approximate surface area is 164 Å². The molecular formula is C22H17F3N2O2. The molecule has 0 saturated heterocycles. The highest BCUT2D eigenvalue weighted by Gasteiger charge is 2.23. The number of furan rings is 1. The van der Waals surface area contributed by atoms with Gasteiger partial charge in [-0.2, -0.15) is 0 Å². The van der Waals surface area contributed by atoms with Gasteiger partial charge in [0.15, 0.2) is 0 Å². The van der Waals surface area contributed by atoms with Crippen LogP contribution in [0.25, 0.3) is 10.9 Å². The summed E-state index contributed by atoms with van der Waals surface area (Å²) in [6.45, 7) is 1.76. The first-order valence-corrected chi connectivity index (χ1v) is 8.97. The minimum Gasteiger partial charge on any atom is -0.467 e. The Hall–Kier alpha value is -3.48. The van der Waals surface area contributed by atoms with Crippen molar-refractivity contribution in [2.45, 2.75) is 19.9 Å². The van der Waals surface area contributed by atoms with Gasteiger partial charge in [-0.25, -0.2) is 13.2 Å². The standard InChI is InChI=1S/C22H17F3N2O2/c1-13-17(18-9-14(23)4-6-20(18)26-13)11-22(28)27(12-16-3-2-8-29-16)21-7-5-15(24)10-19(21)25/h2-10,26H,11-12H2,1H3. The summed E-state index contributed by atoms with van der Waals surface area (Å²) >= 11 is 0. The zero-order chi connectivity index (χ0) is 20.5. The molecule has 0 saturated carbocycles. The van der Waals surface area contributed by atoms with E-state index in [0.29, 0.717) is 22.2 Å². The maximum absolute atomic E-state index is 14.4. The van der Waals surface area contributed by atoms with Gasteiger partial charge in [0.1, 0.15) is 23.2 Å². The van der Waals surface area contributed by atoms with Gasteiger partial charge in [0.05, 0.1) is 24.9 Å². The second-order valence-corrected chi connectivity index (χ2v) is 6.75. The van der Waals surface area contributed by atoms with Gasteiger partial charge in [0.25, 0.3) is 0 Å². The summed E-state index contributed by atoms with van der Waals surface area (Å²) in [5.74, 6) is -1.99. The number of anilines is 1. The predicted octanol–water partition coefficient (Wildman–Crippen LogP) is 5.26. The molecule has 1 N–H and O–H groups in total. The molecule has 0 unspecified atom stereocenters. The Morgan fingerprint density at radius 2 is 1.83 bits per heavy atom. The number of halogens is 3. The molecule has 0 aliphatic rings. The second kappa shape index (κ2) is 7.50. The lowest BCUT2D eigenvalue weighted by Gasteiger charge is -2.22. The van der Waals surface area contributed by atoms with Crippen molar-refractivity contribution in [1.82, 2.24) is 4.98 Å². The SMILES string of the molecule is Cc1[nH]c2ccc(F)cc2c1CC(=O)N(Cc1ccco1)c1ccc(F)cc1F. The molecule has 4 nitrogen and oxygen atoms in total. The minimum absolute atomic E-state index is 0.0237. The van der Waals surface area contributed by atoms with Crippen molar-refractivity contribution in [3.8, 4) is 0 Å². The monoisotopic (exact) mass is 398 g/mol. The Bertz CT molecular complexity index is 1180. The van der Waals surface area contributed by atoms with Crippen molar-refractivity contribution in [2.24, 2.45) is 0 Å². The van der Waals surface area contributed by atoms with Crippen LogP contribution in [0.5, 0.6) is 0 Å². The fraction of sp³-hybridized carbons (Fsp3) is 0.136. The zero-order valence-corrected chi connectivity index (χ0v) is 15.5. The summed E-state index contributed by atoms with van der Waals surface area (Å²) in [6.07, 6.45) is 1.36. The van der Waals surface area contributed by atoms with E-state index in [2.05, 4.69) is 4.98 Å². The molecule has 0 fully saturated rings. The highest BCUT2D eigenvalue weighted by atomic mass is 19.1. The van der Waals surface area contributed by atoms with E-state index < -0.39 is 23.4 Å². The average Bonchev–Trinajstić information content (AvgIpc) is 3.29. The summed E-state index contributed by atoms with van der Waals surface area (Å²) < 4.78 is 46.8. The number of hydrogen-bond donors (Lipinski definition) is 1. The lowest BCUT2D eigenvalue weighted by atomic mass is 10.1. The van der Waals surface area contributed by atoms with Crippen LogP contribution in [0.2, 0.25) is 0 Å². The van der Waals surface area contributed by atoms with Crippen molar-refractivity contribution >= 4 is 22.5 Å². The fourth-order valence-corrected chi connectivity index (χ4v) is 3.40. The molecule has 0 radical (unpaired) electrons. The van der Waals surface area contributed by atoms with Gasteiger partial charge in [0.2, 0.25) is 5.91 Å². The number of fused-ring (bicyclic) bond motifs is 1. The summed E-state index contributed by atoms with van der Waals surface area (Å²) in [7, 11) is 0. The smallest absolute Gasteiger partial charge is 0.232 e. The van der Waals surface area contributed by atoms with Gasteiger partial charge >= 0.3 is 0 Å². The van der Waals surface area contributed by atoms with Crippen molar-refractivity contribution < 1.29 is 22.4 Å².